The molecule has 0 bridgehead atoms. The van der Waals surface area contributed by atoms with Crippen LogP contribution >= 0.6 is 23.1 Å². The molecule has 136 valence electrons. The van der Waals surface area contributed by atoms with Crippen LogP contribution in [0.2, 0.25) is 0 Å². The number of carbonyl (C=O) groups is 1. The van der Waals surface area contributed by atoms with Gasteiger partial charge in [-0.15, -0.1) is 21.5 Å². The second kappa shape index (κ2) is 8.72. The Hall–Kier alpha value is -2.52. The number of hydrogen-bond donors (Lipinski definition) is 1. The molecule has 0 aliphatic rings. The van der Waals surface area contributed by atoms with Crippen LogP contribution in [0.3, 0.4) is 0 Å². The summed E-state index contributed by atoms with van der Waals surface area (Å²) in [5.41, 5.74) is 5.37. The van der Waals surface area contributed by atoms with Gasteiger partial charge in [0, 0.05) is 5.75 Å². The van der Waals surface area contributed by atoms with Gasteiger partial charge in [-0.1, -0.05) is 17.8 Å². The molecule has 0 unspecified atom stereocenters. The molecule has 0 radical (unpaired) electrons. The maximum atomic E-state index is 11.4. The molecule has 2 N–H and O–H groups in total. The summed E-state index contributed by atoms with van der Waals surface area (Å²) >= 11 is 3.01. The minimum atomic E-state index is -0.432. The van der Waals surface area contributed by atoms with Crippen LogP contribution in [0.15, 0.2) is 46.9 Å². The Kier molecular flexibility index (Phi) is 6.13. The molecule has 3 rings (SSSR count). The lowest BCUT2D eigenvalue weighted by Gasteiger charge is -2.08. The average molecular weight is 390 g/mol. The standard InChI is InChI=1S/C17H18N4O3S2/c1-23-12-4-6-13(7-5-12)24-8-10-26-17-20-19-16(14-3-2-9-25-14)21(17)11-15(18)22/h2-7,9H,8,10-11H2,1H3,(H2,18,22). The quantitative estimate of drug-likeness (QED) is 0.446. The van der Waals surface area contributed by atoms with E-state index in [0.717, 1.165) is 16.4 Å². The number of thioether (sulfide) groups is 1. The number of methoxy groups -OCH3 is 1. The molecule has 26 heavy (non-hydrogen) atoms. The zero-order chi connectivity index (χ0) is 18.4. The number of benzene rings is 1. The van der Waals surface area contributed by atoms with E-state index in [1.165, 1.54) is 23.1 Å². The first-order valence-electron chi connectivity index (χ1n) is 7.82. The molecule has 0 atom stereocenters. The van der Waals surface area contributed by atoms with Crippen molar-refractivity contribution in [1.29, 1.82) is 0 Å². The molecular formula is C17H18N4O3S2. The molecule has 0 fully saturated rings. The Morgan fingerprint density at radius 1 is 1.23 bits per heavy atom. The van der Waals surface area contributed by atoms with Crippen molar-refractivity contribution in [3.63, 3.8) is 0 Å². The number of amides is 1. The molecule has 0 aliphatic carbocycles. The van der Waals surface area contributed by atoms with E-state index in [9.17, 15) is 4.79 Å². The molecule has 0 aliphatic heterocycles. The van der Waals surface area contributed by atoms with Crippen LogP contribution in [0.5, 0.6) is 11.5 Å². The second-order valence-corrected chi connectivity index (χ2v) is 7.22. The lowest BCUT2D eigenvalue weighted by atomic mass is 10.3. The highest BCUT2D eigenvalue weighted by Gasteiger charge is 2.16. The van der Waals surface area contributed by atoms with Crippen molar-refractivity contribution in [2.75, 3.05) is 19.5 Å². The van der Waals surface area contributed by atoms with Crippen molar-refractivity contribution in [2.24, 2.45) is 5.73 Å². The lowest BCUT2D eigenvalue weighted by molar-refractivity contribution is -0.118. The van der Waals surface area contributed by atoms with Gasteiger partial charge in [0.2, 0.25) is 5.91 Å². The Bertz CT molecular complexity index is 848. The number of hydrogen-bond acceptors (Lipinski definition) is 7. The van der Waals surface area contributed by atoms with Crippen molar-refractivity contribution in [3.8, 4) is 22.2 Å². The first-order chi connectivity index (χ1) is 12.7. The van der Waals surface area contributed by atoms with E-state index in [1.54, 1.807) is 11.7 Å². The largest absolute Gasteiger partial charge is 0.497 e. The number of rotatable bonds is 9. The third kappa shape index (κ3) is 4.55. The summed E-state index contributed by atoms with van der Waals surface area (Å²) in [6.45, 7) is 0.538. The number of ether oxygens (including phenoxy) is 2. The maximum absolute atomic E-state index is 11.4. The maximum Gasteiger partial charge on any atom is 0.237 e. The lowest BCUT2D eigenvalue weighted by Crippen LogP contribution is -2.20. The number of nitrogens with two attached hydrogens (primary N) is 1. The van der Waals surface area contributed by atoms with Crippen LogP contribution in [0.25, 0.3) is 10.7 Å². The van der Waals surface area contributed by atoms with Crippen LogP contribution in [0, 0.1) is 0 Å². The highest BCUT2D eigenvalue weighted by atomic mass is 32.2. The van der Waals surface area contributed by atoms with Gasteiger partial charge in [0.05, 0.1) is 18.6 Å². The number of nitrogens with zero attached hydrogens (tertiary/aromatic N) is 3. The van der Waals surface area contributed by atoms with Gasteiger partial charge in [-0.3, -0.25) is 9.36 Å². The fourth-order valence-corrected chi connectivity index (χ4v) is 3.72. The average Bonchev–Trinajstić information content (AvgIpc) is 3.29. The Morgan fingerprint density at radius 2 is 2.00 bits per heavy atom. The number of primary amides is 1. The third-order valence-corrected chi connectivity index (χ3v) is 5.21. The Morgan fingerprint density at radius 3 is 2.65 bits per heavy atom. The highest BCUT2D eigenvalue weighted by molar-refractivity contribution is 7.99. The van der Waals surface area contributed by atoms with Crippen molar-refractivity contribution in [3.05, 3.63) is 41.8 Å². The summed E-state index contributed by atoms with van der Waals surface area (Å²) in [6.07, 6.45) is 0. The van der Waals surface area contributed by atoms with Crippen molar-refractivity contribution in [1.82, 2.24) is 14.8 Å². The van der Waals surface area contributed by atoms with Gasteiger partial charge in [0.25, 0.3) is 0 Å². The summed E-state index contributed by atoms with van der Waals surface area (Å²) in [6, 6.07) is 11.3. The molecule has 2 aromatic heterocycles. The van der Waals surface area contributed by atoms with Crippen LogP contribution in [-0.4, -0.2) is 40.1 Å². The van der Waals surface area contributed by atoms with Gasteiger partial charge in [-0.25, -0.2) is 0 Å². The summed E-state index contributed by atoms with van der Waals surface area (Å²) in [4.78, 5) is 12.4. The highest BCUT2D eigenvalue weighted by Crippen LogP contribution is 2.27. The first kappa shape index (κ1) is 18.3. The third-order valence-electron chi connectivity index (χ3n) is 3.42. The van der Waals surface area contributed by atoms with Gasteiger partial charge in [0.15, 0.2) is 11.0 Å². The Balaban J connectivity index is 1.61. The summed E-state index contributed by atoms with van der Waals surface area (Å²) in [5, 5.41) is 11.0. The monoisotopic (exact) mass is 390 g/mol. The van der Waals surface area contributed by atoms with Gasteiger partial charge >= 0.3 is 0 Å². The van der Waals surface area contributed by atoms with Crippen molar-refractivity contribution < 1.29 is 14.3 Å². The smallest absolute Gasteiger partial charge is 0.237 e. The fraction of sp³-hybridized carbons (Fsp3) is 0.235. The zero-order valence-corrected chi connectivity index (χ0v) is 15.8. The predicted octanol–water partition coefficient (Wildman–Crippen LogP) is 2.67. The van der Waals surface area contributed by atoms with Crippen LogP contribution < -0.4 is 15.2 Å². The molecule has 0 saturated carbocycles. The van der Waals surface area contributed by atoms with Gasteiger partial charge < -0.3 is 15.2 Å². The second-order valence-electron chi connectivity index (χ2n) is 5.21. The molecule has 7 nitrogen and oxygen atoms in total. The summed E-state index contributed by atoms with van der Waals surface area (Å²) < 4.78 is 12.6. The van der Waals surface area contributed by atoms with Crippen molar-refractivity contribution >= 4 is 29.0 Å². The SMILES string of the molecule is COc1ccc(OCCSc2nnc(-c3cccs3)n2CC(N)=O)cc1. The molecule has 0 saturated heterocycles. The molecule has 2 heterocycles. The number of thiophene rings is 1. The summed E-state index contributed by atoms with van der Waals surface area (Å²) in [7, 11) is 1.62. The molecule has 3 aromatic rings. The molecule has 9 heteroatoms. The van der Waals surface area contributed by atoms with Gasteiger partial charge in [-0.05, 0) is 35.7 Å². The van der Waals surface area contributed by atoms with Crippen LogP contribution in [0.1, 0.15) is 0 Å². The minimum absolute atomic E-state index is 0.0436. The van der Waals surface area contributed by atoms with E-state index in [2.05, 4.69) is 10.2 Å². The normalized spacial score (nSPS) is 10.7. The van der Waals surface area contributed by atoms with E-state index in [1.807, 2.05) is 41.8 Å². The summed E-state index contributed by atoms with van der Waals surface area (Å²) in [5.74, 6) is 2.43. The topological polar surface area (TPSA) is 92.3 Å². The minimum Gasteiger partial charge on any atom is -0.497 e. The fourth-order valence-electron chi connectivity index (χ4n) is 2.25. The zero-order valence-electron chi connectivity index (χ0n) is 14.1. The van der Waals surface area contributed by atoms with E-state index < -0.39 is 5.91 Å². The Labute approximate surface area is 159 Å². The number of carbonyl (C=O) groups excluding carboxylic acids is 1. The number of aromatic nitrogens is 3. The molecule has 1 amide bonds. The van der Waals surface area contributed by atoms with E-state index in [-0.39, 0.29) is 6.54 Å². The first-order valence-corrected chi connectivity index (χ1v) is 9.69. The molecular weight excluding hydrogens is 372 g/mol. The van der Waals surface area contributed by atoms with E-state index in [0.29, 0.717) is 23.3 Å². The molecule has 0 spiro atoms. The van der Waals surface area contributed by atoms with Crippen LogP contribution in [-0.2, 0) is 11.3 Å². The van der Waals surface area contributed by atoms with E-state index in [4.69, 9.17) is 15.2 Å². The molecule has 1 aromatic carbocycles. The van der Waals surface area contributed by atoms with E-state index >= 15 is 0 Å². The predicted molar refractivity (Wildman–Crippen MR) is 102 cm³/mol. The van der Waals surface area contributed by atoms with Crippen molar-refractivity contribution in [2.45, 2.75) is 11.7 Å². The van der Waals surface area contributed by atoms with Gasteiger partial charge in [-0.2, -0.15) is 0 Å². The van der Waals surface area contributed by atoms with Gasteiger partial charge in [0.1, 0.15) is 18.0 Å². The van der Waals surface area contributed by atoms with Crippen LogP contribution in [0.4, 0.5) is 0 Å².